The molecule has 0 saturated heterocycles. The third-order valence-corrected chi connectivity index (χ3v) is 3.77. The molecular formula is C11H12ClNO3S. The van der Waals surface area contributed by atoms with Crippen molar-refractivity contribution < 1.29 is 9.72 Å². The average Bonchev–Trinajstić information content (AvgIpc) is 2.26. The van der Waals surface area contributed by atoms with Crippen molar-refractivity contribution in [3.05, 3.63) is 45.0 Å². The summed E-state index contributed by atoms with van der Waals surface area (Å²) < 4.78 is 0. The Labute approximate surface area is 108 Å². The predicted molar refractivity (Wildman–Crippen MR) is 68.9 cm³/mol. The molecule has 4 nitrogen and oxygen atoms in total. The van der Waals surface area contributed by atoms with E-state index in [-0.39, 0.29) is 10.0 Å². The zero-order valence-electron chi connectivity index (χ0n) is 9.42. The summed E-state index contributed by atoms with van der Waals surface area (Å²) in [6.45, 7) is 2.90. The number of carbonyl (C=O) groups excluding carboxylic acids is 1. The van der Waals surface area contributed by atoms with Crippen molar-refractivity contribution in [3.63, 3.8) is 0 Å². The molecule has 1 rings (SSSR count). The van der Waals surface area contributed by atoms with Crippen LogP contribution in [0, 0.1) is 10.1 Å². The van der Waals surface area contributed by atoms with Gasteiger partial charge in [0, 0.05) is 23.8 Å². The van der Waals surface area contributed by atoms with Gasteiger partial charge in [0.1, 0.15) is 5.25 Å². The van der Waals surface area contributed by atoms with E-state index in [1.165, 1.54) is 13.8 Å². The molecule has 17 heavy (non-hydrogen) atoms. The van der Waals surface area contributed by atoms with Gasteiger partial charge in [0.2, 0.25) is 6.04 Å². The van der Waals surface area contributed by atoms with Crippen molar-refractivity contribution in [1.82, 2.24) is 0 Å². The van der Waals surface area contributed by atoms with E-state index < -0.39 is 11.3 Å². The smallest absolute Gasteiger partial charge is 0.226 e. The number of rotatable bonds is 4. The Bertz CT molecular complexity index is 421. The number of benzene rings is 1. The summed E-state index contributed by atoms with van der Waals surface area (Å²) in [6, 6.07) is 5.92. The maximum absolute atomic E-state index is 11.1. The predicted octanol–water partition coefficient (Wildman–Crippen LogP) is 3.33. The molecule has 0 amide bonds. The molecule has 0 aromatic heterocycles. The Hall–Kier alpha value is -1.07. The van der Waals surface area contributed by atoms with Gasteiger partial charge in [-0.05, 0) is 17.7 Å². The lowest BCUT2D eigenvalue weighted by Crippen LogP contribution is -2.23. The zero-order chi connectivity index (χ0) is 13.0. The molecule has 0 aliphatic carbocycles. The summed E-state index contributed by atoms with van der Waals surface area (Å²) in [5.74, 6) is 0. The highest BCUT2D eigenvalue weighted by Crippen LogP contribution is 2.34. The molecule has 0 aliphatic rings. The Morgan fingerprint density at radius 1 is 1.41 bits per heavy atom. The van der Waals surface area contributed by atoms with Gasteiger partial charge in [0.25, 0.3) is 0 Å². The van der Waals surface area contributed by atoms with Crippen LogP contribution in [0.3, 0.4) is 0 Å². The summed E-state index contributed by atoms with van der Waals surface area (Å²) in [5.41, 5.74) is 0.735. The van der Waals surface area contributed by atoms with E-state index in [1.807, 2.05) is 0 Å². The minimum Gasteiger partial charge on any atom is -0.288 e. The molecular weight excluding hydrogens is 262 g/mol. The van der Waals surface area contributed by atoms with Gasteiger partial charge in [-0.25, -0.2) is 0 Å². The molecule has 0 spiro atoms. The largest absolute Gasteiger partial charge is 0.288 e. The molecule has 0 bridgehead atoms. The number of nitro groups is 1. The third kappa shape index (κ3) is 4.02. The SMILES string of the molecule is CC(=O)S[C@@H](c1ccc(Cl)cc1)[C@@H](C)[N+](=O)[O-]. The molecule has 6 heteroatoms. The first kappa shape index (κ1) is 14.0. The lowest BCUT2D eigenvalue weighted by atomic mass is 10.1. The Morgan fingerprint density at radius 3 is 2.35 bits per heavy atom. The first-order chi connectivity index (χ1) is 7.91. The van der Waals surface area contributed by atoms with Crippen LogP contribution in [-0.4, -0.2) is 16.1 Å². The minimum absolute atomic E-state index is 0.140. The normalized spacial score (nSPS) is 14.1. The van der Waals surface area contributed by atoms with Gasteiger partial charge in [0.05, 0.1) is 0 Å². The standard InChI is InChI=1S/C11H12ClNO3S/c1-7(13(15)16)11(17-8(2)14)9-3-5-10(12)6-4-9/h3-7,11H,1-2H3/t7-,11-/m1/s1. The summed E-state index contributed by atoms with van der Waals surface area (Å²) in [5, 5.41) is 10.8. The van der Waals surface area contributed by atoms with Gasteiger partial charge in [0.15, 0.2) is 5.12 Å². The highest BCUT2D eigenvalue weighted by molar-refractivity contribution is 8.13. The van der Waals surface area contributed by atoms with E-state index in [9.17, 15) is 14.9 Å². The molecule has 2 atom stereocenters. The quantitative estimate of drug-likeness (QED) is 0.624. The summed E-state index contributed by atoms with van der Waals surface area (Å²) >= 11 is 6.73. The van der Waals surface area contributed by atoms with Gasteiger partial charge in [-0.2, -0.15) is 0 Å². The van der Waals surface area contributed by atoms with Crippen LogP contribution < -0.4 is 0 Å². The van der Waals surface area contributed by atoms with Crippen molar-refractivity contribution in [2.75, 3.05) is 0 Å². The number of thioether (sulfide) groups is 1. The molecule has 1 aromatic carbocycles. The Morgan fingerprint density at radius 2 is 1.94 bits per heavy atom. The Balaban J connectivity index is 3.01. The maximum atomic E-state index is 11.1. The molecule has 0 unspecified atom stereocenters. The first-order valence-corrected chi connectivity index (χ1v) is 6.23. The van der Waals surface area contributed by atoms with Crippen molar-refractivity contribution in [2.45, 2.75) is 25.1 Å². The van der Waals surface area contributed by atoms with Crippen LogP contribution in [0.1, 0.15) is 24.7 Å². The van der Waals surface area contributed by atoms with Crippen molar-refractivity contribution in [2.24, 2.45) is 0 Å². The van der Waals surface area contributed by atoms with E-state index in [4.69, 9.17) is 11.6 Å². The second-order valence-corrected chi connectivity index (χ2v) is 5.36. The van der Waals surface area contributed by atoms with E-state index in [0.29, 0.717) is 5.02 Å². The number of halogens is 1. The van der Waals surface area contributed by atoms with Gasteiger partial charge in [-0.15, -0.1) is 0 Å². The minimum atomic E-state index is -0.829. The van der Waals surface area contributed by atoms with E-state index in [1.54, 1.807) is 24.3 Å². The van der Waals surface area contributed by atoms with E-state index in [2.05, 4.69) is 0 Å². The molecule has 0 radical (unpaired) electrons. The number of carbonyl (C=O) groups is 1. The Kier molecular flexibility index (Phi) is 4.96. The van der Waals surface area contributed by atoms with Crippen LogP contribution in [-0.2, 0) is 4.79 Å². The zero-order valence-corrected chi connectivity index (χ0v) is 11.0. The second-order valence-electron chi connectivity index (χ2n) is 3.61. The molecule has 0 saturated carbocycles. The average molecular weight is 274 g/mol. The van der Waals surface area contributed by atoms with Crippen LogP contribution in [0.2, 0.25) is 5.02 Å². The van der Waals surface area contributed by atoms with Gasteiger partial charge >= 0.3 is 0 Å². The topological polar surface area (TPSA) is 60.2 Å². The summed E-state index contributed by atoms with van der Waals surface area (Å²) in [4.78, 5) is 21.6. The van der Waals surface area contributed by atoms with Crippen LogP contribution in [0.25, 0.3) is 0 Å². The molecule has 1 aromatic rings. The third-order valence-electron chi connectivity index (χ3n) is 2.26. The maximum Gasteiger partial charge on any atom is 0.226 e. The van der Waals surface area contributed by atoms with Gasteiger partial charge < -0.3 is 0 Å². The highest BCUT2D eigenvalue weighted by atomic mass is 35.5. The van der Waals surface area contributed by atoms with Crippen LogP contribution in [0.4, 0.5) is 0 Å². The fourth-order valence-corrected chi connectivity index (χ4v) is 2.46. The molecule has 0 heterocycles. The lowest BCUT2D eigenvalue weighted by Gasteiger charge is -2.16. The fraction of sp³-hybridized carbons (Fsp3) is 0.364. The number of hydrogen-bond donors (Lipinski definition) is 0. The summed E-state index contributed by atoms with van der Waals surface area (Å²) in [6.07, 6.45) is 0. The monoisotopic (exact) mass is 273 g/mol. The van der Waals surface area contributed by atoms with E-state index in [0.717, 1.165) is 17.3 Å². The first-order valence-electron chi connectivity index (χ1n) is 4.98. The van der Waals surface area contributed by atoms with E-state index >= 15 is 0 Å². The molecule has 92 valence electrons. The lowest BCUT2D eigenvalue weighted by molar-refractivity contribution is -0.518. The number of hydrogen-bond acceptors (Lipinski definition) is 4. The molecule has 0 aliphatic heterocycles. The summed E-state index contributed by atoms with van der Waals surface area (Å²) in [7, 11) is 0. The van der Waals surface area contributed by atoms with Crippen LogP contribution >= 0.6 is 23.4 Å². The molecule has 0 fully saturated rings. The van der Waals surface area contributed by atoms with Crippen molar-refractivity contribution in [3.8, 4) is 0 Å². The number of nitrogens with zero attached hydrogens (tertiary/aromatic N) is 1. The fourth-order valence-electron chi connectivity index (χ4n) is 1.39. The van der Waals surface area contributed by atoms with Gasteiger partial charge in [-0.1, -0.05) is 35.5 Å². The highest BCUT2D eigenvalue weighted by Gasteiger charge is 2.30. The van der Waals surface area contributed by atoms with Crippen molar-refractivity contribution in [1.29, 1.82) is 0 Å². The van der Waals surface area contributed by atoms with Crippen LogP contribution in [0.5, 0.6) is 0 Å². The van der Waals surface area contributed by atoms with Gasteiger partial charge in [-0.3, -0.25) is 14.9 Å². The molecule has 0 N–H and O–H groups in total. The second kappa shape index (κ2) is 6.02. The van der Waals surface area contributed by atoms with Crippen LogP contribution in [0.15, 0.2) is 24.3 Å². The van der Waals surface area contributed by atoms with Crippen molar-refractivity contribution >= 4 is 28.5 Å².